The molecule has 1 saturated carbocycles. The van der Waals surface area contributed by atoms with Crippen LogP contribution in [0.15, 0.2) is 39.7 Å². The largest absolute Gasteiger partial charge is 0.464 e. The highest BCUT2D eigenvalue weighted by Gasteiger charge is 2.37. The van der Waals surface area contributed by atoms with E-state index in [4.69, 9.17) is 4.42 Å². The first kappa shape index (κ1) is 16.4. The van der Waals surface area contributed by atoms with Gasteiger partial charge in [-0.25, -0.2) is 0 Å². The second kappa shape index (κ2) is 6.73. The predicted octanol–water partition coefficient (Wildman–Crippen LogP) is 4.11. The number of nitrogens with zero attached hydrogens (tertiary/aromatic N) is 2. The summed E-state index contributed by atoms with van der Waals surface area (Å²) in [6.45, 7) is 4.36. The number of furan rings is 1. The first-order valence-electron chi connectivity index (χ1n) is 10.3. The number of hydrogen-bond acceptors (Lipinski definition) is 3. The van der Waals surface area contributed by atoms with Crippen LogP contribution in [0.3, 0.4) is 0 Å². The molecule has 0 N–H and O–H groups in total. The summed E-state index contributed by atoms with van der Waals surface area (Å²) in [4.78, 5) is 15.2. The van der Waals surface area contributed by atoms with Gasteiger partial charge in [0.2, 0.25) is 0 Å². The molecule has 2 bridgehead atoms. The highest BCUT2D eigenvalue weighted by atomic mass is 16.3. The summed E-state index contributed by atoms with van der Waals surface area (Å²) in [6.07, 6.45) is 9.97. The lowest BCUT2D eigenvalue weighted by Crippen LogP contribution is -2.48. The van der Waals surface area contributed by atoms with Crippen LogP contribution >= 0.6 is 0 Å². The van der Waals surface area contributed by atoms with Crippen molar-refractivity contribution in [3.05, 3.63) is 46.6 Å². The molecular weight excluding hydrogens is 324 g/mol. The summed E-state index contributed by atoms with van der Waals surface area (Å²) >= 11 is 0. The Hall–Kier alpha value is -1.81. The molecule has 2 atom stereocenters. The van der Waals surface area contributed by atoms with E-state index in [1.165, 1.54) is 50.8 Å². The third-order valence-electron chi connectivity index (χ3n) is 6.69. The van der Waals surface area contributed by atoms with Crippen molar-refractivity contribution in [1.82, 2.24) is 9.47 Å². The smallest absolute Gasteiger partial charge is 0.250 e. The SMILES string of the molecule is O=c1ccc(-c2ccco2)c2n1C[C@H]1C[C@H]2CN(CC2CCCCC2)C1. The number of rotatable bonds is 3. The quantitative estimate of drug-likeness (QED) is 0.834. The van der Waals surface area contributed by atoms with Gasteiger partial charge in [-0.05, 0) is 49.3 Å². The van der Waals surface area contributed by atoms with Crippen LogP contribution in [0.1, 0.15) is 50.1 Å². The van der Waals surface area contributed by atoms with Gasteiger partial charge in [0.15, 0.2) is 0 Å². The molecule has 4 nitrogen and oxygen atoms in total. The van der Waals surface area contributed by atoms with E-state index < -0.39 is 0 Å². The molecule has 3 aliphatic rings. The zero-order chi connectivity index (χ0) is 17.5. The maximum Gasteiger partial charge on any atom is 0.250 e. The van der Waals surface area contributed by atoms with Crippen LogP contribution in [-0.4, -0.2) is 29.1 Å². The number of likely N-dealkylation sites (tertiary alicyclic amines) is 1. The minimum Gasteiger partial charge on any atom is -0.464 e. The molecule has 0 amide bonds. The Labute approximate surface area is 154 Å². The van der Waals surface area contributed by atoms with Crippen molar-refractivity contribution >= 4 is 0 Å². The molecule has 2 fully saturated rings. The highest BCUT2D eigenvalue weighted by molar-refractivity contribution is 5.61. The van der Waals surface area contributed by atoms with Gasteiger partial charge in [0, 0.05) is 49.4 Å². The van der Waals surface area contributed by atoms with Crippen LogP contribution in [0.25, 0.3) is 11.3 Å². The second-order valence-corrected chi connectivity index (χ2v) is 8.58. The van der Waals surface area contributed by atoms with Gasteiger partial charge in [-0.15, -0.1) is 0 Å². The number of pyridine rings is 1. The Morgan fingerprint density at radius 1 is 1.04 bits per heavy atom. The van der Waals surface area contributed by atoms with E-state index in [1.807, 2.05) is 22.8 Å². The lowest BCUT2D eigenvalue weighted by molar-refractivity contribution is 0.0969. The van der Waals surface area contributed by atoms with Crippen LogP contribution < -0.4 is 5.56 Å². The van der Waals surface area contributed by atoms with Crippen molar-refractivity contribution in [3.63, 3.8) is 0 Å². The predicted molar refractivity (Wildman–Crippen MR) is 102 cm³/mol. The fraction of sp³-hybridized carbons (Fsp3) is 0.591. The Bertz CT molecular complexity index is 817. The van der Waals surface area contributed by atoms with Gasteiger partial charge in [-0.3, -0.25) is 4.79 Å². The zero-order valence-corrected chi connectivity index (χ0v) is 15.4. The molecule has 0 aromatic carbocycles. The second-order valence-electron chi connectivity index (χ2n) is 8.58. The summed E-state index contributed by atoms with van der Waals surface area (Å²) < 4.78 is 7.72. The lowest BCUT2D eigenvalue weighted by Gasteiger charge is -2.44. The van der Waals surface area contributed by atoms with Gasteiger partial charge >= 0.3 is 0 Å². The van der Waals surface area contributed by atoms with Crippen molar-refractivity contribution in [2.24, 2.45) is 11.8 Å². The van der Waals surface area contributed by atoms with Crippen LogP contribution in [-0.2, 0) is 6.54 Å². The molecule has 0 unspecified atom stereocenters. The topological polar surface area (TPSA) is 38.4 Å². The van der Waals surface area contributed by atoms with Gasteiger partial charge in [-0.1, -0.05) is 19.3 Å². The molecule has 2 aromatic rings. The Balaban J connectivity index is 1.45. The van der Waals surface area contributed by atoms with Gasteiger partial charge in [0.25, 0.3) is 5.56 Å². The Kier molecular flexibility index (Phi) is 4.24. The minimum absolute atomic E-state index is 0.144. The Morgan fingerprint density at radius 3 is 2.73 bits per heavy atom. The third-order valence-corrected chi connectivity index (χ3v) is 6.69. The first-order chi connectivity index (χ1) is 12.8. The maximum absolute atomic E-state index is 12.5. The normalized spacial score (nSPS) is 26.6. The molecule has 4 heterocycles. The average molecular weight is 352 g/mol. The minimum atomic E-state index is 0.144. The molecule has 4 heteroatoms. The molecule has 5 rings (SSSR count). The van der Waals surface area contributed by atoms with Crippen molar-refractivity contribution in [2.75, 3.05) is 19.6 Å². The number of hydrogen-bond donors (Lipinski definition) is 0. The van der Waals surface area contributed by atoms with E-state index in [2.05, 4.69) is 4.90 Å². The van der Waals surface area contributed by atoms with Gasteiger partial charge in [0.05, 0.1) is 6.26 Å². The van der Waals surface area contributed by atoms with Crippen LogP contribution in [0, 0.1) is 11.8 Å². The van der Waals surface area contributed by atoms with E-state index in [1.54, 1.807) is 12.3 Å². The zero-order valence-electron chi connectivity index (χ0n) is 15.4. The van der Waals surface area contributed by atoms with Gasteiger partial charge in [0.1, 0.15) is 5.76 Å². The number of aromatic nitrogens is 1. The fourth-order valence-electron chi connectivity index (χ4n) is 5.64. The summed E-state index contributed by atoms with van der Waals surface area (Å²) in [6, 6.07) is 7.62. The van der Waals surface area contributed by atoms with Gasteiger partial charge in [-0.2, -0.15) is 0 Å². The molecular formula is C22H28N2O2. The van der Waals surface area contributed by atoms with Crippen molar-refractivity contribution in [3.8, 4) is 11.3 Å². The first-order valence-corrected chi connectivity index (χ1v) is 10.3. The van der Waals surface area contributed by atoms with Crippen molar-refractivity contribution in [1.29, 1.82) is 0 Å². The Morgan fingerprint density at radius 2 is 1.92 bits per heavy atom. The van der Waals surface area contributed by atoms with E-state index in [9.17, 15) is 4.79 Å². The maximum atomic E-state index is 12.5. The van der Waals surface area contributed by atoms with E-state index in [0.29, 0.717) is 11.8 Å². The molecule has 1 aliphatic carbocycles. The number of piperidine rings is 1. The third kappa shape index (κ3) is 2.94. The molecule has 2 aliphatic heterocycles. The molecule has 138 valence electrons. The van der Waals surface area contributed by atoms with Crippen LogP contribution in [0.4, 0.5) is 0 Å². The van der Waals surface area contributed by atoms with Crippen LogP contribution in [0.2, 0.25) is 0 Å². The van der Waals surface area contributed by atoms with E-state index >= 15 is 0 Å². The van der Waals surface area contributed by atoms with Crippen molar-refractivity contribution in [2.45, 2.75) is 51.0 Å². The molecule has 2 aromatic heterocycles. The molecule has 0 spiro atoms. The van der Waals surface area contributed by atoms with Crippen molar-refractivity contribution < 1.29 is 4.42 Å². The molecule has 26 heavy (non-hydrogen) atoms. The molecule has 0 radical (unpaired) electrons. The number of fused-ring (bicyclic) bond motifs is 4. The summed E-state index contributed by atoms with van der Waals surface area (Å²) in [7, 11) is 0. The highest BCUT2D eigenvalue weighted by Crippen LogP contribution is 2.40. The fourth-order valence-corrected chi connectivity index (χ4v) is 5.64. The van der Waals surface area contributed by atoms with Gasteiger partial charge < -0.3 is 13.9 Å². The van der Waals surface area contributed by atoms with E-state index in [0.717, 1.165) is 36.9 Å². The van der Waals surface area contributed by atoms with Crippen LogP contribution in [0.5, 0.6) is 0 Å². The van der Waals surface area contributed by atoms with E-state index in [-0.39, 0.29) is 5.56 Å². The monoisotopic (exact) mass is 352 g/mol. The summed E-state index contributed by atoms with van der Waals surface area (Å²) in [5, 5.41) is 0. The summed E-state index contributed by atoms with van der Waals surface area (Å²) in [5.41, 5.74) is 2.46. The summed E-state index contributed by atoms with van der Waals surface area (Å²) in [5.74, 6) is 2.82. The lowest BCUT2D eigenvalue weighted by atomic mass is 9.80. The average Bonchev–Trinajstić information content (AvgIpc) is 3.18. The molecule has 1 saturated heterocycles. The standard InChI is InChI=1S/C22H28N2O2/c25-21-9-8-19(20-7-4-10-26-20)22-18-11-17(14-24(21)22)13-23(15-18)12-16-5-2-1-3-6-16/h4,7-10,16-18H,1-3,5-6,11-15H2/t17-,18-/m0/s1.